The number of hydrogen-bond donors (Lipinski definition) is 3. The highest BCUT2D eigenvalue weighted by Gasteiger charge is 2.14. The van der Waals surface area contributed by atoms with Crippen molar-refractivity contribution in [1.29, 1.82) is 0 Å². The predicted octanol–water partition coefficient (Wildman–Crippen LogP) is 2.48. The van der Waals surface area contributed by atoms with Crippen LogP contribution >= 0.6 is 24.0 Å². The van der Waals surface area contributed by atoms with Crippen molar-refractivity contribution in [2.24, 2.45) is 4.99 Å². The SMILES string of the molecule is CCNC(=NCCCOCC1CCCO1)NCCC(=O)Nc1cccc(C)n1.I. The number of anilines is 1. The number of ether oxygens (including phenoxy) is 2. The zero-order valence-electron chi connectivity index (χ0n) is 17.4. The van der Waals surface area contributed by atoms with Crippen LogP contribution in [0.2, 0.25) is 0 Å². The fourth-order valence-electron chi connectivity index (χ4n) is 2.80. The molecule has 2 heterocycles. The molecule has 0 aliphatic carbocycles. The molecule has 1 aromatic rings. The number of nitrogens with one attached hydrogen (secondary N) is 3. The number of aliphatic imine (C=N–C) groups is 1. The minimum atomic E-state index is -0.0796. The number of aromatic nitrogens is 1. The van der Waals surface area contributed by atoms with E-state index in [2.05, 4.69) is 25.9 Å². The van der Waals surface area contributed by atoms with Crippen LogP contribution in [0, 0.1) is 6.92 Å². The van der Waals surface area contributed by atoms with Crippen LogP contribution in [-0.4, -0.2) is 62.4 Å². The Balaban J connectivity index is 0.00000420. The summed E-state index contributed by atoms with van der Waals surface area (Å²) in [5, 5.41) is 9.17. The van der Waals surface area contributed by atoms with E-state index in [0.29, 0.717) is 44.5 Å². The Bertz CT molecular complexity index is 624. The van der Waals surface area contributed by atoms with Crippen LogP contribution in [0.5, 0.6) is 0 Å². The van der Waals surface area contributed by atoms with E-state index in [1.807, 2.05) is 26.0 Å². The Morgan fingerprint density at radius 3 is 2.97 bits per heavy atom. The zero-order valence-corrected chi connectivity index (χ0v) is 19.7. The molecule has 0 spiro atoms. The predicted molar refractivity (Wildman–Crippen MR) is 126 cm³/mol. The highest BCUT2D eigenvalue weighted by molar-refractivity contribution is 14.0. The molecule has 2 rings (SSSR count). The summed E-state index contributed by atoms with van der Waals surface area (Å²) in [7, 11) is 0. The lowest BCUT2D eigenvalue weighted by Crippen LogP contribution is -2.38. The van der Waals surface area contributed by atoms with Gasteiger partial charge in [-0.1, -0.05) is 6.07 Å². The average Bonchev–Trinajstić information content (AvgIpc) is 3.18. The van der Waals surface area contributed by atoms with Gasteiger partial charge in [0.15, 0.2) is 5.96 Å². The molecule has 9 heteroatoms. The van der Waals surface area contributed by atoms with E-state index in [4.69, 9.17) is 9.47 Å². The maximum absolute atomic E-state index is 12.0. The zero-order chi connectivity index (χ0) is 20.0. The van der Waals surface area contributed by atoms with Crippen molar-refractivity contribution in [2.45, 2.75) is 45.6 Å². The summed E-state index contributed by atoms with van der Waals surface area (Å²) in [6.07, 6.45) is 3.69. The molecule has 1 atom stereocenters. The number of halogens is 1. The summed E-state index contributed by atoms with van der Waals surface area (Å²) in [5.74, 6) is 1.21. The second kappa shape index (κ2) is 15.4. The third kappa shape index (κ3) is 11.3. The standard InChI is InChI=1S/C20H33N5O3.HI/c1-3-21-20(22-11-6-13-27-15-17-8-5-14-28-17)23-12-10-19(26)25-18-9-4-7-16(2)24-18;/h4,7,9,17H,3,5-6,8,10-15H2,1-2H3,(H2,21,22,23)(H,24,25,26);1H. The fraction of sp³-hybridized carbons (Fsp3) is 0.650. The van der Waals surface area contributed by atoms with E-state index in [-0.39, 0.29) is 36.0 Å². The van der Waals surface area contributed by atoms with E-state index in [0.717, 1.165) is 38.1 Å². The number of carbonyl (C=O) groups excluding carboxylic acids is 1. The number of guanidine groups is 1. The van der Waals surface area contributed by atoms with Crippen LogP contribution < -0.4 is 16.0 Å². The van der Waals surface area contributed by atoms with Crippen molar-refractivity contribution in [2.75, 3.05) is 44.8 Å². The molecular formula is C20H34IN5O3. The molecule has 0 aromatic carbocycles. The Labute approximate surface area is 190 Å². The van der Waals surface area contributed by atoms with Crippen LogP contribution in [-0.2, 0) is 14.3 Å². The molecule has 0 saturated carbocycles. The Morgan fingerprint density at radius 2 is 2.24 bits per heavy atom. The summed E-state index contributed by atoms with van der Waals surface area (Å²) in [4.78, 5) is 20.8. The number of aryl methyl sites for hydroxylation is 1. The highest BCUT2D eigenvalue weighted by Crippen LogP contribution is 2.11. The maximum Gasteiger partial charge on any atom is 0.227 e. The van der Waals surface area contributed by atoms with E-state index in [1.54, 1.807) is 6.07 Å². The smallest absolute Gasteiger partial charge is 0.227 e. The van der Waals surface area contributed by atoms with Gasteiger partial charge in [-0.25, -0.2) is 4.98 Å². The second-order valence-corrected chi connectivity index (χ2v) is 6.71. The number of carbonyl (C=O) groups is 1. The van der Waals surface area contributed by atoms with Crippen molar-refractivity contribution in [1.82, 2.24) is 15.6 Å². The second-order valence-electron chi connectivity index (χ2n) is 6.71. The Kier molecular flexibility index (Phi) is 13.6. The first-order valence-electron chi connectivity index (χ1n) is 10.1. The average molecular weight is 519 g/mol. The monoisotopic (exact) mass is 519 g/mol. The molecule has 1 unspecified atom stereocenters. The van der Waals surface area contributed by atoms with Crippen molar-refractivity contribution in [3.63, 3.8) is 0 Å². The van der Waals surface area contributed by atoms with Gasteiger partial charge in [0.05, 0.1) is 12.7 Å². The first-order valence-corrected chi connectivity index (χ1v) is 10.1. The quantitative estimate of drug-likeness (QED) is 0.180. The molecule has 1 aliphatic heterocycles. The van der Waals surface area contributed by atoms with E-state index >= 15 is 0 Å². The molecular weight excluding hydrogens is 485 g/mol. The van der Waals surface area contributed by atoms with Gasteiger partial charge in [-0.2, -0.15) is 0 Å². The van der Waals surface area contributed by atoms with E-state index in [9.17, 15) is 4.79 Å². The molecule has 3 N–H and O–H groups in total. The normalized spacial score (nSPS) is 16.2. The van der Waals surface area contributed by atoms with Crippen LogP contribution in [0.25, 0.3) is 0 Å². The summed E-state index contributed by atoms with van der Waals surface area (Å²) in [5.41, 5.74) is 0.872. The number of amides is 1. The molecule has 1 fully saturated rings. The fourth-order valence-corrected chi connectivity index (χ4v) is 2.80. The van der Waals surface area contributed by atoms with Crippen molar-refractivity contribution < 1.29 is 14.3 Å². The first kappa shape index (κ1) is 25.6. The summed E-state index contributed by atoms with van der Waals surface area (Å²) >= 11 is 0. The molecule has 1 amide bonds. The summed E-state index contributed by atoms with van der Waals surface area (Å²) in [6.45, 7) is 8.04. The van der Waals surface area contributed by atoms with Gasteiger partial charge in [-0.15, -0.1) is 24.0 Å². The van der Waals surface area contributed by atoms with Crippen molar-refractivity contribution in [3.05, 3.63) is 23.9 Å². The molecule has 0 bridgehead atoms. The van der Waals surface area contributed by atoms with Gasteiger partial charge in [-0.3, -0.25) is 9.79 Å². The topological polar surface area (TPSA) is 96.9 Å². The number of hydrogen-bond acceptors (Lipinski definition) is 5. The third-order valence-electron chi connectivity index (χ3n) is 4.19. The van der Waals surface area contributed by atoms with Crippen molar-refractivity contribution >= 4 is 41.7 Å². The highest BCUT2D eigenvalue weighted by atomic mass is 127. The molecule has 29 heavy (non-hydrogen) atoms. The van der Waals surface area contributed by atoms with Gasteiger partial charge in [0, 0.05) is 45.0 Å². The number of pyridine rings is 1. The van der Waals surface area contributed by atoms with E-state index in [1.165, 1.54) is 0 Å². The first-order chi connectivity index (χ1) is 13.7. The minimum Gasteiger partial charge on any atom is -0.379 e. The lowest BCUT2D eigenvalue weighted by atomic mass is 10.2. The van der Waals surface area contributed by atoms with Gasteiger partial charge in [0.2, 0.25) is 5.91 Å². The lowest BCUT2D eigenvalue weighted by Gasteiger charge is -2.12. The lowest BCUT2D eigenvalue weighted by molar-refractivity contribution is -0.116. The largest absolute Gasteiger partial charge is 0.379 e. The van der Waals surface area contributed by atoms with Crippen LogP contribution in [0.3, 0.4) is 0 Å². The summed E-state index contributed by atoms with van der Waals surface area (Å²) in [6, 6.07) is 5.55. The Hall–Kier alpha value is -1.46. The molecule has 1 aliphatic rings. The van der Waals surface area contributed by atoms with Gasteiger partial charge in [0.25, 0.3) is 0 Å². The molecule has 8 nitrogen and oxygen atoms in total. The van der Waals surface area contributed by atoms with Crippen LogP contribution in [0.1, 0.15) is 38.3 Å². The van der Waals surface area contributed by atoms with E-state index < -0.39 is 0 Å². The van der Waals surface area contributed by atoms with Gasteiger partial charge in [0.1, 0.15) is 5.82 Å². The van der Waals surface area contributed by atoms with Crippen LogP contribution in [0.4, 0.5) is 5.82 Å². The molecule has 0 radical (unpaired) electrons. The number of nitrogens with zero attached hydrogens (tertiary/aromatic N) is 2. The summed E-state index contributed by atoms with van der Waals surface area (Å²) < 4.78 is 11.2. The maximum atomic E-state index is 12.0. The van der Waals surface area contributed by atoms with Crippen molar-refractivity contribution in [3.8, 4) is 0 Å². The minimum absolute atomic E-state index is 0. The van der Waals surface area contributed by atoms with Crippen LogP contribution in [0.15, 0.2) is 23.2 Å². The molecule has 1 aromatic heterocycles. The van der Waals surface area contributed by atoms with Gasteiger partial charge in [-0.05, 0) is 45.2 Å². The molecule has 1 saturated heterocycles. The Morgan fingerprint density at radius 1 is 1.38 bits per heavy atom. The number of rotatable bonds is 11. The van der Waals surface area contributed by atoms with Gasteiger partial charge < -0.3 is 25.4 Å². The van der Waals surface area contributed by atoms with Gasteiger partial charge >= 0.3 is 0 Å². The third-order valence-corrected chi connectivity index (χ3v) is 4.19. The molecule has 164 valence electrons.